The summed E-state index contributed by atoms with van der Waals surface area (Å²) in [5, 5.41) is 9.30. The number of benzene rings is 1. The standard InChI is InChI=1S/C21H21N5S/c1-2-8-16(9-3-1)18(12-15-6-4-7-15)23-20-25-26-14-19(24-21(26)27-20)17-10-5-11-22-13-17/h1-3,5,8-11,13-15,18H,4,6-7,12H2,(H,23,25). The molecule has 3 heterocycles. The highest BCUT2D eigenvalue weighted by Gasteiger charge is 2.24. The van der Waals surface area contributed by atoms with E-state index in [1.165, 1.54) is 24.8 Å². The number of aromatic nitrogens is 4. The van der Waals surface area contributed by atoms with E-state index in [0.717, 1.165) is 33.7 Å². The van der Waals surface area contributed by atoms with Crippen LogP contribution in [0.3, 0.4) is 0 Å². The van der Waals surface area contributed by atoms with Gasteiger partial charge in [-0.1, -0.05) is 60.9 Å². The SMILES string of the molecule is c1ccc(C(CC2CCC2)Nc2nn3cc(-c4cccnc4)nc3s2)cc1. The molecule has 5 nitrogen and oxygen atoms in total. The van der Waals surface area contributed by atoms with Crippen LogP contribution >= 0.6 is 11.3 Å². The minimum absolute atomic E-state index is 0.296. The number of hydrogen-bond acceptors (Lipinski definition) is 5. The fourth-order valence-electron chi connectivity index (χ4n) is 3.59. The highest BCUT2D eigenvalue weighted by molar-refractivity contribution is 7.20. The van der Waals surface area contributed by atoms with Gasteiger partial charge in [-0.25, -0.2) is 9.50 Å². The van der Waals surface area contributed by atoms with E-state index in [0.29, 0.717) is 6.04 Å². The molecule has 1 aliphatic rings. The molecule has 0 aliphatic heterocycles. The molecule has 3 aromatic heterocycles. The smallest absolute Gasteiger partial charge is 0.214 e. The lowest BCUT2D eigenvalue weighted by Gasteiger charge is -2.30. The largest absolute Gasteiger partial charge is 0.353 e. The maximum absolute atomic E-state index is 4.72. The van der Waals surface area contributed by atoms with Crippen LogP contribution in [-0.2, 0) is 0 Å². The molecule has 1 saturated carbocycles. The van der Waals surface area contributed by atoms with Crippen molar-refractivity contribution in [2.75, 3.05) is 5.32 Å². The topological polar surface area (TPSA) is 55.1 Å². The Labute approximate surface area is 162 Å². The van der Waals surface area contributed by atoms with Crippen LogP contribution in [0.25, 0.3) is 16.2 Å². The van der Waals surface area contributed by atoms with E-state index in [9.17, 15) is 0 Å². The second-order valence-electron chi connectivity index (χ2n) is 7.14. The first-order valence-electron chi connectivity index (χ1n) is 9.43. The molecular formula is C21H21N5S. The molecular weight excluding hydrogens is 354 g/mol. The van der Waals surface area contributed by atoms with Gasteiger partial charge in [-0.05, 0) is 30.0 Å². The average molecular weight is 376 g/mol. The van der Waals surface area contributed by atoms with E-state index in [1.54, 1.807) is 17.5 Å². The van der Waals surface area contributed by atoms with Crippen LogP contribution in [0.15, 0.2) is 61.1 Å². The third-order valence-corrected chi connectivity index (χ3v) is 6.15. The van der Waals surface area contributed by atoms with E-state index in [4.69, 9.17) is 10.1 Å². The van der Waals surface area contributed by atoms with Crippen molar-refractivity contribution in [2.24, 2.45) is 5.92 Å². The molecule has 1 aromatic carbocycles. The van der Waals surface area contributed by atoms with Crippen molar-refractivity contribution in [1.29, 1.82) is 0 Å². The van der Waals surface area contributed by atoms with Gasteiger partial charge in [0.2, 0.25) is 10.1 Å². The fourth-order valence-corrected chi connectivity index (χ4v) is 4.42. The molecule has 1 aliphatic carbocycles. The second-order valence-corrected chi connectivity index (χ2v) is 8.10. The third kappa shape index (κ3) is 3.45. The molecule has 1 fully saturated rings. The lowest BCUT2D eigenvalue weighted by molar-refractivity contribution is 0.282. The van der Waals surface area contributed by atoms with Crippen LogP contribution in [0.1, 0.15) is 37.3 Å². The molecule has 0 radical (unpaired) electrons. The van der Waals surface area contributed by atoms with Crippen molar-refractivity contribution in [2.45, 2.75) is 31.7 Å². The number of anilines is 1. The van der Waals surface area contributed by atoms with Gasteiger partial charge in [0.25, 0.3) is 0 Å². The predicted octanol–water partition coefficient (Wildman–Crippen LogP) is 5.20. The molecule has 6 heteroatoms. The van der Waals surface area contributed by atoms with Gasteiger partial charge in [0, 0.05) is 18.0 Å². The first-order valence-corrected chi connectivity index (χ1v) is 10.2. The Balaban J connectivity index is 1.39. The summed E-state index contributed by atoms with van der Waals surface area (Å²) in [6, 6.07) is 14.9. The maximum atomic E-state index is 4.72. The van der Waals surface area contributed by atoms with E-state index in [-0.39, 0.29) is 0 Å². The lowest BCUT2D eigenvalue weighted by Crippen LogP contribution is -2.20. The zero-order valence-corrected chi connectivity index (χ0v) is 15.8. The Morgan fingerprint density at radius 2 is 2.04 bits per heavy atom. The number of nitrogens with zero attached hydrogens (tertiary/aromatic N) is 4. The Morgan fingerprint density at radius 3 is 2.74 bits per heavy atom. The minimum Gasteiger partial charge on any atom is -0.353 e. The van der Waals surface area contributed by atoms with Crippen molar-refractivity contribution in [3.8, 4) is 11.3 Å². The number of fused-ring (bicyclic) bond motifs is 1. The van der Waals surface area contributed by atoms with Crippen molar-refractivity contribution in [3.05, 3.63) is 66.6 Å². The monoisotopic (exact) mass is 375 g/mol. The van der Waals surface area contributed by atoms with Crippen LogP contribution in [0.2, 0.25) is 0 Å². The normalized spacial score (nSPS) is 15.6. The van der Waals surface area contributed by atoms with E-state index >= 15 is 0 Å². The Bertz CT molecular complexity index is 989. The molecule has 136 valence electrons. The zero-order chi connectivity index (χ0) is 18.1. The molecule has 0 saturated heterocycles. The summed E-state index contributed by atoms with van der Waals surface area (Å²) in [5.74, 6) is 0.823. The quantitative estimate of drug-likeness (QED) is 0.503. The molecule has 4 aromatic rings. The number of pyridine rings is 1. The molecule has 1 N–H and O–H groups in total. The van der Waals surface area contributed by atoms with Gasteiger partial charge >= 0.3 is 0 Å². The van der Waals surface area contributed by atoms with Crippen molar-refractivity contribution in [3.63, 3.8) is 0 Å². The maximum Gasteiger partial charge on any atom is 0.214 e. The summed E-state index contributed by atoms with van der Waals surface area (Å²) < 4.78 is 1.86. The first-order chi connectivity index (χ1) is 13.3. The molecule has 0 bridgehead atoms. The molecule has 1 atom stereocenters. The summed E-state index contributed by atoms with van der Waals surface area (Å²) in [5.41, 5.74) is 3.24. The van der Waals surface area contributed by atoms with Gasteiger partial charge < -0.3 is 5.32 Å². The zero-order valence-electron chi connectivity index (χ0n) is 15.0. The summed E-state index contributed by atoms with van der Waals surface area (Å²) in [4.78, 5) is 9.77. The highest BCUT2D eigenvalue weighted by atomic mass is 32.1. The summed E-state index contributed by atoms with van der Waals surface area (Å²) in [7, 11) is 0. The van der Waals surface area contributed by atoms with Crippen LogP contribution in [0.5, 0.6) is 0 Å². The van der Waals surface area contributed by atoms with Crippen LogP contribution in [0.4, 0.5) is 5.13 Å². The van der Waals surface area contributed by atoms with Crippen molar-refractivity contribution in [1.82, 2.24) is 19.6 Å². The van der Waals surface area contributed by atoms with Crippen LogP contribution in [0, 0.1) is 5.92 Å². The second kappa shape index (κ2) is 7.12. The van der Waals surface area contributed by atoms with E-state index < -0.39 is 0 Å². The number of nitrogens with one attached hydrogen (secondary N) is 1. The molecule has 0 spiro atoms. The summed E-state index contributed by atoms with van der Waals surface area (Å²) >= 11 is 1.60. The van der Waals surface area contributed by atoms with Crippen molar-refractivity contribution >= 4 is 21.4 Å². The minimum atomic E-state index is 0.296. The number of imidazole rings is 1. The van der Waals surface area contributed by atoms with Crippen LogP contribution < -0.4 is 5.32 Å². The summed E-state index contributed by atoms with van der Waals surface area (Å²) in [6.07, 6.45) is 10.8. The average Bonchev–Trinajstić information content (AvgIpc) is 3.23. The van der Waals surface area contributed by atoms with Gasteiger partial charge in [-0.15, -0.1) is 5.10 Å². The van der Waals surface area contributed by atoms with Gasteiger partial charge in [0.05, 0.1) is 17.9 Å². The lowest BCUT2D eigenvalue weighted by atomic mass is 9.79. The van der Waals surface area contributed by atoms with E-state index in [1.807, 2.05) is 29.0 Å². The number of hydrogen-bond donors (Lipinski definition) is 1. The first kappa shape index (κ1) is 16.4. The molecule has 0 amide bonds. The van der Waals surface area contributed by atoms with E-state index in [2.05, 4.69) is 40.6 Å². The van der Waals surface area contributed by atoms with Gasteiger partial charge in [0.1, 0.15) is 0 Å². The Kier molecular flexibility index (Phi) is 4.33. The molecule has 5 rings (SSSR count). The van der Waals surface area contributed by atoms with Gasteiger partial charge in [0.15, 0.2) is 0 Å². The van der Waals surface area contributed by atoms with Crippen LogP contribution in [-0.4, -0.2) is 19.6 Å². The third-order valence-electron chi connectivity index (χ3n) is 5.29. The number of rotatable bonds is 6. The highest BCUT2D eigenvalue weighted by Crippen LogP contribution is 2.37. The van der Waals surface area contributed by atoms with Crippen molar-refractivity contribution < 1.29 is 0 Å². The molecule has 1 unspecified atom stereocenters. The van der Waals surface area contributed by atoms with Gasteiger partial charge in [-0.2, -0.15) is 0 Å². The summed E-state index contributed by atoms with van der Waals surface area (Å²) in [6.45, 7) is 0. The predicted molar refractivity (Wildman–Crippen MR) is 109 cm³/mol. The Morgan fingerprint density at radius 1 is 1.15 bits per heavy atom. The fraction of sp³-hybridized carbons (Fsp3) is 0.286. The Hall–Kier alpha value is -2.73. The molecule has 27 heavy (non-hydrogen) atoms. The van der Waals surface area contributed by atoms with Gasteiger partial charge in [-0.3, -0.25) is 4.98 Å².